The van der Waals surface area contributed by atoms with Crippen molar-refractivity contribution in [1.29, 1.82) is 0 Å². The minimum atomic E-state index is -0.402. The molecule has 6 heteroatoms. The van der Waals surface area contributed by atoms with E-state index in [9.17, 15) is 9.59 Å². The van der Waals surface area contributed by atoms with Gasteiger partial charge in [0.2, 0.25) is 0 Å². The fourth-order valence-electron chi connectivity index (χ4n) is 2.37. The molecule has 1 amide bonds. The largest absolute Gasteiger partial charge is 0.483 e. The van der Waals surface area contributed by atoms with Crippen LogP contribution in [0, 0.1) is 6.92 Å². The second-order valence-corrected chi connectivity index (χ2v) is 6.38. The molecule has 0 aliphatic heterocycles. The molecule has 0 fully saturated rings. The normalized spacial score (nSPS) is 10.9. The molecule has 0 aromatic heterocycles. The number of carbonyl (C=O) groups excluding carboxylic acids is 2. The average Bonchev–Trinajstić information content (AvgIpc) is 2.66. The van der Waals surface area contributed by atoms with Gasteiger partial charge in [-0.1, -0.05) is 38.1 Å². The van der Waals surface area contributed by atoms with E-state index in [0.717, 1.165) is 11.1 Å². The number of ether oxygens (including phenoxy) is 2. The molecule has 0 saturated heterocycles. The molecule has 142 valence electrons. The van der Waals surface area contributed by atoms with E-state index in [1.54, 1.807) is 24.3 Å². The van der Waals surface area contributed by atoms with Crippen LogP contribution in [0.5, 0.6) is 5.75 Å². The molecule has 0 spiro atoms. The number of amides is 1. The van der Waals surface area contributed by atoms with E-state index in [-0.39, 0.29) is 12.5 Å². The van der Waals surface area contributed by atoms with Crippen molar-refractivity contribution in [2.45, 2.75) is 26.7 Å². The van der Waals surface area contributed by atoms with E-state index >= 15 is 0 Å². The number of methoxy groups -OCH3 is 1. The maximum absolute atomic E-state index is 11.9. The van der Waals surface area contributed by atoms with Crippen molar-refractivity contribution in [1.82, 2.24) is 5.43 Å². The van der Waals surface area contributed by atoms with E-state index in [1.165, 1.54) is 18.9 Å². The highest BCUT2D eigenvalue weighted by atomic mass is 16.5. The SMILES string of the molecule is COC(=O)c1ccc(/C=N/NC(=O)COc2ccc(C(C)C)cc2C)cc1. The molecule has 0 saturated carbocycles. The summed E-state index contributed by atoms with van der Waals surface area (Å²) in [7, 11) is 1.33. The third-order valence-corrected chi connectivity index (χ3v) is 3.96. The zero-order valence-corrected chi connectivity index (χ0v) is 16.0. The lowest BCUT2D eigenvalue weighted by molar-refractivity contribution is -0.123. The van der Waals surface area contributed by atoms with E-state index < -0.39 is 5.97 Å². The number of benzene rings is 2. The third-order valence-electron chi connectivity index (χ3n) is 3.96. The fraction of sp³-hybridized carbons (Fsp3) is 0.286. The van der Waals surface area contributed by atoms with Crippen LogP contribution in [0.3, 0.4) is 0 Å². The number of rotatable bonds is 7. The van der Waals surface area contributed by atoms with Crippen LogP contribution in [0.4, 0.5) is 0 Å². The van der Waals surface area contributed by atoms with Crippen LogP contribution in [-0.4, -0.2) is 31.8 Å². The molecular formula is C21H24N2O4. The number of carbonyl (C=O) groups is 2. The van der Waals surface area contributed by atoms with Gasteiger partial charge in [-0.15, -0.1) is 0 Å². The Balaban J connectivity index is 1.84. The van der Waals surface area contributed by atoms with Gasteiger partial charge in [0.25, 0.3) is 5.91 Å². The average molecular weight is 368 g/mol. The van der Waals surface area contributed by atoms with Crippen molar-refractivity contribution < 1.29 is 19.1 Å². The first-order chi connectivity index (χ1) is 12.9. The summed E-state index contributed by atoms with van der Waals surface area (Å²) in [6.45, 7) is 6.09. The molecule has 0 atom stereocenters. The molecule has 1 N–H and O–H groups in total. The van der Waals surface area contributed by atoms with Gasteiger partial charge in [-0.3, -0.25) is 4.79 Å². The zero-order valence-electron chi connectivity index (χ0n) is 16.0. The van der Waals surface area contributed by atoms with Crippen LogP contribution in [0.15, 0.2) is 47.6 Å². The van der Waals surface area contributed by atoms with Gasteiger partial charge in [-0.25, -0.2) is 10.2 Å². The Kier molecular flexibility index (Phi) is 7.11. The monoisotopic (exact) mass is 368 g/mol. The second-order valence-electron chi connectivity index (χ2n) is 6.38. The molecular weight excluding hydrogens is 344 g/mol. The highest BCUT2D eigenvalue weighted by Crippen LogP contribution is 2.23. The van der Waals surface area contributed by atoms with Gasteiger partial charge >= 0.3 is 5.97 Å². The van der Waals surface area contributed by atoms with Gasteiger partial charge < -0.3 is 9.47 Å². The third kappa shape index (κ3) is 5.95. The summed E-state index contributed by atoms with van der Waals surface area (Å²) in [4.78, 5) is 23.2. The van der Waals surface area contributed by atoms with E-state index in [2.05, 4.69) is 35.2 Å². The highest BCUT2D eigenvalue weighted by Gasteiger charge is 2.07. The van der Waals surface area contributed by atoms with Gasteiger partial charge in [0.1, 0.15) is 5.75 Å². The van der Waals surface area contributed by atoms with Crippen LogP contribution in [-0.2, 0) is 9.53 Å². The summed E-state index contributed by atoms with van der Waals surface area (Å²) >= 11 is 0. The minimum absolute atomic E-state index is 0.125. The molecule has 0 radical (unpaired) electrons. The number of hydrogen-bond acceptors (Lipinski definition) is 5. The summed E-state index contributed by atoms with van der Waals surface area (Å²) in [6.07, 6.45) is 1.49. The lowest BCUT2D eigenvalue weighted by Gasteiger charge is -2.11. The Morgan fingerprint density at radius 2 is 1.85 bits per heavy atom. The zero-order chi connectivity index (χ0) is 19.8. The predicted octanol–water partition coefficient (Wildman–Crippen LogP) is 3.43. The Morgan fingerprint density at radius 3 is 2.44 bits per heavy atom. The van der Waals surface area contributed by atoms with Gasteiger partial charge in [0.05, 0.1) is 18.9 Å². The molecule has 0 unspecified atom stereocenters. The topological polar surface area (TPSA) is 77.0 Å². The molecule has 0 aliphatic carbocycles. The standard InChI is InChI=1S/C21H24N2O4/c1-14(2)18-9-10-19(15(3)11-18)27-13-20(24)23-22-12-16-5-7-17(8-6-16)21(25)26-4/h5-12,14H,13H2,1-4H3,(H,23,24)/b22-12+. The molecule has 2 aromatic rings. The van der Waals surface area contributed by atoms with Gasteiger partial charge in [-0.2, -0.15) is 5.10 Å². The summed E-state index contributed by atoms with van der Waals surface area (Å²) < 4.78 is 10.2. The molecule has 0 bridgehead atoms. The number of hydrazone groups is 1. The van der Waals surface area contributed by atoms with Gasteiger partial charge in [-0.05, 0) is 47.7 Å². The highest BCUT2D eigenvalue weighted by molar-refractivity contribution is 5.90. The predicted molar refractivity (Wildman–Crippen MR) is 104 cm³/mol. The quantitative estimate of drug-likeness (QED) is 0.461. The van der Waals surface area contributed by atoms with Crippen molar-refractivity contribution in [3.63, 3.8) is 0 Å². The molecule has 6 nitrogen and oxygen atoms in total. The lowest BCUT2D eigenvalue weighted by atomic mass is 10.0. The van der Waals surface area contributed by atoms with Crippen LogP contribution < -0.4 is 10.2 Å². The Morgan fingerprint density at radius 1 is 1.15 bits per heavy atom. The van der Waals surface area contributed by atoms with E-state index in [0.29, 0.717) is 17.2 Å². The van der Waals surface area contributed by atoms with Crippen molar-refractivity contribution >= 4 is 18.1 Å². The van der Waals surface area contributed by atoms with Crippen molar-refractivity contribution in [3.05, 3.63) is 64.7 Å². The van der Waals surface area contributed by atoms with Crippen LogP contribution >= 0.6 is 0 Å². The number of nitrogens with one attached hydrogen (secondary N) is 1. The summed E-state index contributed by atoms with van der Waals surface area (Å²) in [5.41, 5.74) is 5.82. The van der Waals surface area contributed by atoms with Gasteiger partial charge in [0.15, 0.2) is 6.61 Å². The van der Waals surface area contributed by atoms with Crippen molar-refractivity contribution in [3.8, 4) is 5.75 Å². The Bertz CT molecular complexity index is 827. The first-order valence-electron chi connectivity index (χ1n) is 8.64. The molecule has 0 aliphatic rings. The van der Waals surface area contributed by atoms with E-state index in [1.807, 2.05) is 19.1 Å². The molecule has 2 rings (SSSR count). The van der Waals surface area contributed by atoms with Crippen LogP contribution in [0.2, 0.25) is 0 Å². The Hall–Kier alpha value is -3.15. The second kappa shape index (κ2) is 9.52. The smallest absolute Gasteiger partial charge is 0.337 e. The van der Waals surface area contributed by atoms with Crippen LogP contribution in [0.25, 0.3) is 0 Å². The Labute approximate surface area is 159 Å². The number of esters is 1. The number of aryl methyl sites for hydroxylation is 1. The first kappa shape index (κ1) is 20.2. The molecule has 2 aromatic carbocycles. The first-order valence-corrected chi connectivity index (χ1v) is 8.64. The summed E-state index contributed by atoms with van der Waals surface area (Å²) in [5, 5.41) is 3.89. The maximum atomic E-state index is 11.9. The molecule has 0 heterocycles. The van der Waals surface area contributed by atoms with Crippen molar-refractivity contribution in [2.75, 3.05) is 13.7 Å². The molecule has 27 heavy (non-hydrogen) atoms. The number of nitrogens with zero attached hydrogens (tertiary/aromatic N) is 1. The maximum Gasteiger partial charge on any atom is 0.337 e. The number of hydrogen-bond donors (Lipinski definition) is 1. The van der Waals surface area contributed by atoms with Gasteiger partial charge in [0, 0.05) is 0 Å². The summed E-state index contributed by atoms with van der Waals surface area (Å²) in [6, 6.07) is 12.6. The summed E-state index contributed by atoms with van der Waals surface area (Å²) in [5.74, 6) is 0.361. The lowest BCUT2D eigenvalue weighted by Crippen LogP contribution is -2.24. The van der Waals surface area contributed by atoms with Crippen LogP contribution in [0.1, 0.15) is 46.8 Å². The van der Waals surface area contributed by atoms with E-state index in [4.69, 9.17) is 4.74 Å². The van der Waals surface area contributed by atoms with Crippen molar-refractivity contribution in [2.24, 2.45) is 5.10 Å². The minimum Gasteiger partial charge on any atom is -0.483 e. The fourth-order valence-corrected chi connectivity index (χ4v) is 2.37.